The third-order valence-electron chi connectivity index (χ3n) is 2.91. The summed E-state index contributed by atoms with van der Waals surface area (Å²) in [6.45, 7) is 13.1. The summed E-state index contributed by atoms with van der Waals surface area (Å²) in [7, 11) is 0. The van der Waals surface area contributed by atoms with Crippen molar-refractivity contribution in [3.63, 3.8) is 0 Å². The van der Waals surface area contributed by atoms with Crippen molar-refractivity contribution in [1.82, 2.24) is 10.2 Å². The Hall–Kier alpha value is -0.120. The van der Waals surface area contributed by atoms with Crippen LogP contribution < -0.4 is 5.32 Å². The number of hydrogen-bond donors (Lipinski definition) is 1. The van der Waals surface area contributed by atoms with E-state index in [2.05, 4.69) is 37.9 Å². The van der Waals surface area contributed by atoms with Gasteiger partial charge in [-0.3, -0.25) is 4.90 Å². The van der Waals surface area contributed by atoms with E-state index in [9.17, 15) is 0 Å². The first-order chi connectivity index (χ1) is 7.09. The highest BCUT2D eigenvalue weighted by molar-refractivity contribution is 4.75. The lowest BCUT2D eigenvalue weighted by Crippen LogP contribution is -2.48. The number of morpholine rings is 1. The summed E-state index contributed by atoms with van der Waals surface area (Å²) >= 11 is 0. The first kappa shape index (κ1) is 12.9. The Kier molecular flexibility index (Phi) is 5.58. The van der Waals surface area contributed by atoms with Crippen molar-refractivity contribution in [2.45, 2.75) is 52.3 Å². The van der Waals surface area contributed by atoms with Gasteiger partial charge in [0.25, 0.3) is 0 Å². The molecule has 15 heavy (non-hydrogen) atoms. The van der Waals surface area contributed by atoms with Crippen LogP contribution in [0.15, 0.2) is 0 Å². The molecule has 90 valence electrons. The predicted octanol–water partition coefficient (Wildman–Crippen LogP) is 1.48. The number of hydrogen-bond acceptors (Lipinski definition) is 3. The molecule has 1 N–H and O–H groups in total. The average Bonchev–Trinajstić information content (AvgIpc) is 2.17. The van der Waals surface area contributed by atoms with Crippen molar-refractivity contribution >= 4 is 0 Å². The largest absolute Gasteiger partial charge is 0.376 e. The van der Waals surface area contributed by atoms with Gasteiger partial charge < -0.3 is 10.1 Å². The molecule has 0 radical (unpaired) electrons. The van der Waals surface area contributed by atoms with E-state index in [0.717, 1.165) is 19.7 Å². The molecule has 1 rings (SSSR count). The zero-order valence-corrected chi connectivity index (χ0v) is 10.6. The molecule has 2 unspecified atom stereocenters. The molecular formula is C12H26N2O. The van der Waals surface area contributed by atoms with Crippen molar-refractivity contribution in [2.24, 2.45) is 0 Å². The second-order valence-electron chi connectivity index (χ2n) is 4.95. The number of ether oxygens (including phenoxy) is 1. The third kappa shape index (κ3) is 4.96. The van der Waals surface area contributed by atoms with Crippen molar-refractivity contribution in [3.8, 4) is 0 Å². The monoisotopic (exact) mass is 214 g/mol. The number of nitrogens with zero attached hydrogens (tertiary/aromatic N) is 1. The molecule has 3 heteroatoms. The van der Waals surface area contributed by atoms with Gasteiger partial charge in [-0.15, -0.1) is 0 Å². The number of nitrogens with one attached hydrogen (secondary N) is 1. The van der Waals surface area contributed by atoms with Crippen LogP contribution in [0, 0.1) is 0 Å². The normalized spacial score (nSPS) is 28.6. The van der Waals surface area contributed by atoms with Gasteiger partial charge >= 0.3 is 0 Å². The van der Waals surface area contributed by atoms with E-state index >= 15 is 0 Å². The molecule has 1 fully saturated rings. The van der Waals surface area contributed by atoms with Gasteiger partial charge in [0, 0.05) is 18.6 Å². The van der Waals surface area contributed by atoms with E-state index in [1.54, 1.807) is 0 Å². The number of rotatable bonds is 5. The summed E-state index contributed by atoms with van der Waals surface area (Å²) in [6, 6.07) is 1.19. The Morgan fingerprint density at radius 1 is 1.40 bits per heavy atom. The Labute approximate surface area is 94.2 Å². The minimum Gasteiger partial charge on any atom is -0.376 e. The zero-order chi connectivity index (χ0) is 11.3. The molecule has 1 heterocycles. The van der Waals surface area contributed by atoms with Gasteiger partial charge in [0.05, 0.1) is 12.7 Å². The Balaban J connectivity index is 2.13. The fraction of sp³-hybridized carbons (Fsp3) is 1.00. The minimum atomic E-state index is 0.402. The molecule has 0 aliphatic carbocycles. The smallest absolute Gasteiger partial charge is 0.0674 e. The second kappa shape index (κ2) is 6.46. The van der Waals surface area contributed by atoms with Crippen LogP contribution in [0.4, 0.5) is 0 Å². The minimum absolute atomic E-state index is 0.402. The topological polar surface area (TPSA) is 24.5 Å². The van der Waals surface area contributed by atoms with Gasteiger partial charge in [-0.1, -0.05) is 13.8 Å². The maximum Gasteiger partial charge on any atom is 0.0674 e. The van der Waals surface area contributed by atoms with E-state index in [1.807, 2.05) is 0 Å². The molecule has 0 amide bonds. The summed E-state index contributed by atoms with van der Waals surface area (Å²) < 4.78 is 5.61. The van der Waals surface area contributed by atoms with Gasteiger partial charge in [-0.25, -0.2) is 0 Å². The molecule has 1 aliphatic heterocycles. The van der Waals surface area contributed by atoms with E-state index in [0.29, 0.717) is 18.2 Å². The zero-order valence-electron chi connectivity index (χ0n) is 10.6. The van der Waals surface area contributed by atoms with Gasteiger partial charge in [-0.2, -0.15) is 0 Å². The summed E-state index contributed by atoms with van der Waals surface area (Å²) in [5.74, 6) is 0. The summed E-state index contributed by atoms with van der Waals surface area (Å²) in [4.78, 5) is 2.54. The predicted molar refractivity (Wildman–Crippen MR) is 64.2 cm³/mol. The van der Waals surface area contributed by atoms with E-state index in [4.69, 9.17) is 4.74 Å². The standard InChI is InChI=1S/C12H26N2O/c1-10(2)13-6-5-7-14-8-12(4)15-9-11(14)3/h10-13H,5-9H2,1-4H3. The van der Waals surface area contributed by atoms with Crippen LogP contribution in [0.3, 0.4) is 0 Å². The average molecular weight is 214 g/mol. The van der Waals surface area contributed by atoms with Crippen molar-refractivity contribution in [3.05, 3.63) is 0 Å². The maximum atomic E-state index is 5.61. The van der Waals surface area contributed by atoms with Crippen LogP contribution in [0.2, 0.25) is 0 Å². The molecule has 0 aromatic carbocycles. The van der Waals surface area contributed by atoms with Crippen LogP contribution in [0.1, 0.15) is 34.1 Å². The Morgan fingerprint density at radius 3 is 2.80 bits per heavy atom. The van der Waals surface area contributed by atoms with Crippen LogP contribution >= 0.6 is 0 Å². The SMILES string of the molecule is CC(C)NCCCN1CC(C)OCC1C. The first-order valence-electron chi connectivity index (χ1n) is 6.18. The first-order valence-corrected chi connectivity index (χ1v) is 6.18. The van der Waals surface area contributed by atoms with Gasteiger partial charge in [0.2, 0.25) is 0 Å². The Bertz CT molecular complexity index is 173. The lowest BCUT2D eigenvalue weighted by Gasteiger charge is -2.36. The van der Waals surface area contributed by atoms with Gasteiger partial charge in [0.15, 0.2) is 0 Å². The molecule has 0 bridgehead atoms. The Morgan fingerprint density at radius 2 is 2.13 bits per heavy atom. The lowest BCUT2D eigenvalue weighted by molar-refractivity contribution is -0.0494. The fourth-order valence-corrected chi connectivity index (χ4v) is 1.96. The molecule has 0 saturated carbocycles. The van der Waals surface area contributed by atoms with Crippen molar-refractivity contribution < 1.29 is 4.74 Å². The van der Waals surface area contributed by atoms with Gasteiger partial charge in [-0.05, 0) is 33.4 Å². The summed E-state index contributed by atoms with van der Waals surface area (Å²) in [6.07, 6.45) is 1.63. The molecule has 1 aliphatic rings. The lowest BCUT2D eigenvalue weighted by atomic mass is 10.2. The van der Waals surface area contributed by atoms with E-state index in [1.165, 1.54) is 13.0 Å². The second-order valence-corrected chi connectivity index (χ2v) is 4.95. The summed E-state index contributed by atoms with van der Waals surface area (Å²) in [5, 5.41) is 3.45. The van der Waals surface area contributed by atoms with E-state index < -0.39 is 0 Å². The van der Waals surface area contributed by atoms with Gasteiger partial charge in [0.1, 0.15) is 0 Å². The van der Waals surface area contributed by atoms with Crippen LogP contribution in [0.25, 0.3) is 0 Å². The summed E-state index contributed by atoms with van der Waals surface area (Å²) in [5.41, 5.74) is 0. The highest BCUT2D eigenvalue weighted by Gasteiger charge is 2.22. The molecule has 0 spiro atoms. The molecule has 0 aromatic rings. The quantitative estimate of drug-likeness (QED) is 0.702. The molecule has 2 atom stereocenters. The van der Waals surface area contributed by atoms with Crippen molar-refractivity contribution in [2.75, 3.05) is 26.2 Å². The highest BCUT2D eigenvalue weighted by atomic mass is 16.5. The van der Waals surface area contributed by atoms with Crippen LogP contribution in [-0.4, -0.2) is 49.3 Å². The third-order valence-corrected chi connectivity index (χ3v) is 2.91. The van der Waals surface area contributed by atoms with Crippen LogP contribution in [-0.2, 0) is 4.74 Å². The molecule has 3 nitrogen and oxygen atoms in total. The van der Waals surface area contributed by atoms with Crippen LogP contribution in [0.5, 0.6) is 0 Å². The fourth-order valence-electron chi connectivity index (χ4n) is 1.96. The molecule has 1 saturated heterocycles. The highest BCUT2D eigenvalue weighted by Crippen LogP contribution is 2.11. The maximum absolute atomic E-state index is 5.61. The molecule has 0 aromatic heterocycles. The van der Waals surface area contributed by atoms with E-state index in [-0.39, 0.29) is 0 Å². The molecular weight excluding hydrogens is 188 g/mol. The van der Waals surface area contributed by atoms with Crippen molar-refractivity contribution in [1.29, 1.82) is 0 Å².